The third-order valence-corrected chi connectivity index (χ3v) is 3.11. The molecular weight excluding hydrogens is 244 g/mol. The fourth-order valence-electron chi connectivity index (χ4n) is 2.13. The predicted molar refractivity (Wildman–Crippen MR) is 67.7 cm³/mol. The average Bonchev–Trinajstić information content (AvgIpc) is 2.67. The van der Waals surface area contributed by atoms with E-state index >= 15 is 0 Å². The number of rotatable bonds is 2. The third-order valence-electron chi connectivity index (χ3n) is 3.11. The molecule has 1 aromatic heterocycles. The molecule has 1 aliphatic rings. The lowest BCUT2D eigenvalue weighted by Gasteiger charge is -2.12. The standard InChI is InChI=1S/C14H10N2O3/c17-12-9(4-3-7-15-12)8-16-13(18)10-5-1-2-6-11(10)14(16)19/h1-7H,8H2,(H,15,17). The van der Waals surface area contributed by atoms with Gasteiger partial charge in [0.05, 0.1) is 17.7 Å². The molecule has 19 heavy (non-hydrogen) atoms. The van der Waals surface area contributed by atoms with E-state index < -0.39 is 0 Å². The van der Waals surface area contributed by atoms with Crippen molar-refractivity contribution in [2.75, 3.05) is 0 Å². The van der Waals surface area contributed by atoms with Gasteiger partial charge in [-0.25, -0.2) is 0 Å². The summed E-state index contributed by atoms with van der Waals surface area (Å²) in [5.41, 5.74) is 0.871. The van der Waals surface area contributed by atoms with Crippen LogP contribution in [0.4, 0.5) is 0 Å². The number of H-pyrrole nitrogens is 1. The number of hydrogen-bond donors (Lipinski definition) is 1. The van der Waals surface area contributed by atoms with Crippen LogP contribution in [0.25, 0.3) is 0 Å². The number of pyridine rings is 1. The van der Waals surface area contributed by atoms with E-state index in [1.807, 2.05) is 0 Å². The topological polar surface area (TPSA) is 70.2 Å². The van der Waals surface area contributed by atoms with Gasteiger partial charge in [-0.2, -0.15) is 0 Å². The van der Waals surface area contributed by atoms with Gasteiger partial charge in [0.15, 0.2) is 0 Å². The number of carbonyl (C=O) groups excluding carboxylic acids is 2. The van der Waals surface area contributed by atoms with Crippen molar-refractivity contribution in [3.05, 3.63) is 69.6 Å². The van der Waals surface area contributed by atoms with Gasteiger partial charge in [0.1, 0.15) is 0 Å². The molecule has 94 valence electrons. The summed E-state index contributed by atoms with van der Waals surface area (Å²) < 4.78 is 0. The van der Waals surface area contributed by atoms with Gasteiger partial charge in [0.25, 0.3) is 17.4 Å². The van der Waals surface area contributed by atoms with Crippen LogP contribution in [0, 0.1) is 0 Å². The smallest absolute Gasteiger partial charge is 0.261 e. The minimum Gasteiger partial charge on any atom is -0.329 e. The molecule has 0 spiro atoms. The van der Waals surface area contributed by atoms with Crippen molar-refractivity contribution < 1.29 is 9.59 Å². The molecule has 2 aromatic rings. The monoisotopic (exact) mass is 254 g/mol. The van der Waals surface area contributed by atoms with Crippen LogP contribution in [0.3, 0.4) is 0 Å². The molecule has 1 aromatic carbocycles. The Hall–Kier alpha value is -2.69. The van der Waals surface area contributed by atoms with Crippen LogP contribution in [0.15, 0.2) is 47.4 Å². The number of imide groups is 1. The second kappa shape index (κ2) is 4.20. The quantitative estimate of drug-likeness (QED) is 0.818. The Morgan fingerprint density at radius 1 is 0.895 bits per heavy atom. The van der Waals surface area contributed by atoms with E-state index in [4.69, 9.17) is 0 Å². The average molecular weight is 254 g/mol. The van der Waals surface area contributed by atoms with E-state index in [1.165, 1.54) is 6.20 Å². The van der Waals surface area contributed by atoms with Crippen molar-refractivity contribution in [1.29, 1.82) is 0 Å². The first kappa shape index (κ1) is 11.4. The van der Waals surface area contributed by atoms with Crippen molar-refractivity contribution in [1.82, 2.24) is 9.88 Å². The van der Waals surface area contributed by atoms with Crippen molar-refractivity contribution >= 4 is 11.8 Å². The molecule has 0 unspecified atom stereocenters. The molecule has 0 atom stereocenters. The fraction of sp³-hybridized carbons (Fsp3) is 0.0714. The highest BCUT2D eigenvalue weighted by molar-refractivity contribution is 6.21. The second-order valence-corrected chi connectivity index (χ2v) is 4.27. The van der Waals surface area contributed by atoms with E-state index in [1.54, 1.807) is 36.4 Å². The first-order valence-electron chi connectivity index (χ1n) is 5.80. The van der Waals surface area contributed by atoms with E-state index in [9.17, 15) is 14.4 Å². The minimum absolute atomic E-state index is 0.0114. The molecule has 3 rings (SSSR count). The van der Waals surface area contributed by atoms with Gasteiger partial charge in [-0.1, -0.05) is 18.2 Å². The van der Waals surface area contributed by atoms with E-state index in [2.05, 4.69) is 4.98 Å². The summed E-state index contributed by atoms with van der Waals surface area (Å²) in [7, 11) is 0. The van der Waals surface area contributed by atoms with Gasteiger partial charge in [-0.15, -0.1) is 0 Å². The number of benzene rings is 1. The third kappa shape index (κ3) is 1.76. The Balaban J connectivity index is 1.97. The Bertz CT molecular complexity index is 698. The van der Waals surface area contributed by atoms with Crippen LogP contribution < -0.4 is 5.56 Å². The van der Waals surface area contributed by atoms with Crippen LogP contribution in [0.2, 0.25) is 0 Å². The van der Waals surface area contributed by atoms with E-state index in [0.717, 1.165) is 4.90 Å². The zero-order valence-corrected chi connectivity index (χ0v) is 9.92. The number of hydrogen-bond acceptors (Lipinski definition) is 3. The van der Waals surface area contributed by atoms with Crippen molar-refractivity contribution in [3.8, 4) is 0 Å². The minimum atomic E-state index is -0.358. The number of amides is 2. The van der Waals surface area contributed by atoms with Gasteiger partial charge in [0.2, 0.25) is 0 Å². The molecule has 2 amide bonds. The summed E-state index contributed by atoms with van der Waals surface area (Å²) in [4.78, 5) is 39.4. The van der Waals surface area contributed by atoms with Crippen molar-refractivity contribution in [2.45, 2.75) is 6.54 Å². The molecule has 1 N–H and O–H groups in total. The number of carbonyl (C=O) groups is 2. The first-order chi connectivity index (χ1) is 9.18. The lowest BCUT2D eigenvalue weighted by molar-refractivity contribution is 0.0642. The second-order valence-electron chi connectivity index (χ2n) is 4.27. The highest BCUT2D eigenvalue weighted by atomic mass is 16.2. The van der Waals surface area contributed by atoms with Crippen molar-refractivity contribution in [2.24, 2.45) is 0 Å². The number of nitrogens with zero attached hydrogens (tertiary/aromatic N) is 1. The number of nitrogens with one attached hydrogen (secondary N) is 1. The molecule has 5 heteroatoms. The Labute approximate surface area is 108 Å². The normalized spacial score (nSPS) is 13.8. The number of aromatic nitrogens is 1. The molecule has 0 saturated carbocycles. The van der Waals surface area contributed by atoms with Gasteiger partial charge in [-0.05, 0) is 18.2 Å². The lowest BCUT2D eigenvalue weighted by atomic mass is 10.1. The van der Waals surface area contributed by atoms with Crippen LogP contribution in [-0.4, -0.2) is 21.7 Å². The highest BCUT2D eigenvalue weighted by Crippen LogP contribution is 2.23. The van der Waals surface area contributed by atoms with Crippen LogP contribution >= 0.6 is 0 Å². The lowest BCUT2D eigenvalue weighted by Crippen LogP contribution is -2.31. The van der Waals surface area contributed by atoms with E-state index in [0.29, 0.717) is 16.7 Å². The molecule has 0 aliphatic carbocycles. The van der Waals surface area contributed by atoms with Crippen LogP contribution in [0.5, 0.6) is 0 Å². The maximum atomic E-state index is 12.1. The summed E-state index contributed by atoms with van der Waals surface area (Å²) in [6.07, 6.45) is 1.51. The summed E-state index contributed by atoms with van der Waals surface area (Å²) in [6.45, 7) is -0.0114. The maximum Gasteiger partial charge on any atom is 0.261 e. The van der Waals surface area contributed by atoms with Crippen molar-refractivity contribution in [3.63, 3.8) is 0 Å². The summed E-state index contributed by atoms with van der Waals surface area (Å²) in [5.74, 6) is -0.715. The van der Waals surface area contributed by atoms with Gasteiger partial charge in [-0.3, -0.25) is 19.3 Å². The zero-order chi connectivity index (χ0) is 13.4. The Morgan fingerprint density at radius 2 is 1.53 bits per heavy atom. The molecular formula is C14H10N2O3. The molecule has 0 fully saturated rings. The first-order valence-corrected chi connectivity index (χ1v) is 5.80. The highest BCUT2D eigenvalue weighted by Gasteiger charge is 2.35. The maximum absolute atomic E-state index is 12.1. The molecule has 1 aliphatic heterocycles. The molecule has 0 bridgehead atoms. The fourth-order valence-corrected chi connectivity index (χ4v) is 2.13. The van der Waals surface area contributed by atoms with Gasteiger partial charge in [0, 0.05) is 11.8 Å². The summed E-state index contributed by atoms with van der Waals surface area (Å²) >= 11 is 0. The molecule has 0 radical (unpaired) electrons. The predicted octanol–water partition coefficient (Wildman–Crippen LogP) is 1.17. The number of aromatic amines is 1. The Kier molecular flexibility index (Phi) is 2.52. The molecule has 5 nitrogen and oxygen atoms in total. The summed E-state index contributed by atoms with van der Waals surface area (Å²) in [5, 5.41) is 0. The van der Waals surface area contributed by atoms with E-state index in [-0.39, 0.29) is 23.9 Å². The molecule has 2 heterocycles. The SMILES string of the molecule is O=C1c2ccccc2C(=O)N1Cc1ccc[nH]c1=O. The largest absolute Gasteiger partial charge is 0.329 e. The number of fused-ring (bicyclic) bond motifs is 1. The van der Waals surface area contributed by atoms with Gasteiger partial charge < -0.3 is 4.98 Å². The Morgan fingerprint density at radius 3 is 2.11 bits per heavy atom. The van der Waals surface area contributed by atoms with Gasteiger partial charge >= 0.3 is 0 Å². The summed E-state index contributed by atoms with van der Waals surface area (Å²) in [6, 6.07) is 9.92. The zero-order valence-electron chi connectivity index (χ0n) is 9.92. The van der Waals surface area contributed by atoms with Crippen LogP contribution in [0.1, 0.15) is 26.3 Å². The van der Waals surface area contributed by atoms with Crippen LogP contribution in [-0.2, 0) is 6.54 Å². The molecule has 0 saturated heterocycles.